The third-order valence-electron chi connectivity index (χ3n) is 5.62. The molecule has 2 unspecified atom stereocenters. The van der Waals surface area contributed by atoms with Crippen LogP contribution in [0.5, 0.6) is 5.75 Å². The number of anilines is 3. The van der Waals surface area contributed by atoms with Crippen LogP contribution in [0.1, 0.15) is 29.2 Å². The highest BCUT2D eigenvalue weighted by atomic mass is 19.4. The highest BCUT2D eigenvalue weighted by Gasteiger charge is 2.45. The molecule has 3 heterocycles. The second kappa shape index (κ2) is 7.12. The van der Waals surface area contributed by atoms with Gasteiger partial charge < -0.3 is 20.3 Å². The number of rotatable bonds is 3. The van der Waals surface area contributed by atoms with Crippen LogP contribution in [-0.2, 0) is 6.18 Å². The van der Waals surface area contributed by atoms with Crippen LogP contribution < -0.4 is 20.3 Å². The fourth-order valence-corrected chi connectivity index (χ4v) is 4.31. The summed E-state index contributed by atoms with van der Waals surface area (Å²) in [7, 11) is 3.19. The molecule has 29 heavy (non-hydrogen) atoms. The van der Waals surface area contributed by atoms with Crippen molar-refractivity contribution in [1.29, 1.82) is 5.26 Å². The van der Waals surface area contributed by atoms with Gasteiger partial charge in [-0.2, -0.15) is 18.4 Å². The van der Waals surface area contributed by atoms with Crippen LogP contribution in [0.2, 0.25) is 0 Å². The summed E-state index contributed by atoms with van der Waals surface area (Å²) in [5, 5.41) is 15.5. The molecule has 0 amide bonds. The van der Waals surface area contributed by atoms with E-state index in [1.165, 1.54) is 13.3 Å². The number of pyridine rings is 1. The zero-order valence-corrected chi connectivity index (χ0v) is 16.0. The van der Waals surface area contributed by atoms with Gasteiger partial charge in [0.05, 0.1) is 30.2 Å². The van der Waals surface area contributed by atoms with E-state index in [0.717, 1.165) is 19.0 Å². The smallest absolute Gasteiger partial charge is 0.418 e. The molecule has 0 radical (unpaired) electrons. The molecule has 1 aromatic carbocycles. The number of fused-ring (bicyclic) bond motifs is 3. The quantitative estimate of drug-likeness (QED) is 0.816. The average Bonchev–Trinajstić information content (AvgIpc) is 2.99. The van der Waals surface area contributed by atoms with Crippen LogP contribution in [0.15, 0.2) is 24.4 Å². The van der Waals surface area contributed by atoms with E-state index >= 15 is 0 Å². The Morgan fingerprint density at radius 2 is 2.14 bits per heavy atom. The Labute approximate surface area is 166 Å². The molecule has 6 nitrogen and oxygen atoms in total. The lowest BCUT2D eigenvalue weighted by atomic mass is 9.89. The molecule has 2 aliphatic rings. The number of methoxy groups -OCH3 is 1. The first-order chi connectivity index (χ1) is 13.8. The first-order valence-corrected chi connectivity index (χ1v) is 9.23. The second-order valence-electron chi connectivity index (χ2n) is 7.25. The Hall–Kier alpha value is -2.99. The number of nitriles is 1. The number of piperidine rings is 1. The van der Waals surface area contributed by atoms with Gasteiger partial charge in [-0.05, 0) is 30.7 Å². The number of hydrogen-bond donors (Lipinski definition) is 2. The van der Waals surface area contributed by atoms with Gasteiger partial charge in [0, 0.05) is 37.3 Å². The minimum absolute atomic E-state index is 0.0227. The van der Waals surface area contributed by atoms with Crippen molar-refractivity contribution >= 4 is 17.1 Å². The minimum atomic E-state index is -4.50. The Bertz CT molecular complexity index is 985. The van der Waals surface area contributed by atoms with E-state index < -0.39 is 11.7 Å². The van der Waals surface area contributed by atoms with Gasteiger partial charge in [0.2, 0.25) is 0 Å². The molecule has 2 atom stereocenters. The van der Waals surface area contributed by atoms with Gasteiger partial charge in [0.15, 0.2) is 5.69 Å². The molecule has 9 heteroatoms. The zero-order chi connectivity index (χ0) is 20.8. The topological polar surface area (TPSA) is 73.2 Å². The first-order valence-electron chi connectivity index (χ1n) is 9.23. The Kier molecular flexibility index (Phi) is 4.74. The van der Waals surface area contributed by atoms with Crippen molar-refractivity contribution in [1.82, 2.24) is 10.3 Å². The van der Waals surface area contributed by atoms with Gasteiger partial charge >= 0.3 is 6.18 Å². The van der Waals surface area contributed by atoms with Crippen LogP contribution in [0.3, 0.4) is 0 Å². The Morgan fingerprint density at radius 1 is 1.34 bits per heavy atom. The van der Waals surface area contributed by atoms with Crippen molar-refractivity contribution in [3.8, 4) is 11.8 Å². The van der Waals surface area contributed by atoms with Crippen LogP contribution in [0.4, 0.5) is 30.2 Å². The van der Waals surface area contributed by atoms with Crippen molar-refractivity contribution in [2.75, 3.05) is 37.5 Å². The van der Waals surface area contributed by atoms with Crippen molar-refractivity contribution in [2.45, 2.75) is 24.6 Å². The molecule has 4 rings (SSSR count). The number of aromatic nitrogens is 1. The van der Waals surface area contributed by atoms with Crippen molar-refractivity contribution in [2.24, 2.45) is 0 Å². The monoisotopic (exact) mass is 403 g/mol. The van der Waals surface area contributed by atoms with Gasteiger partial charge in [-0.1, -0.05) is 0 Å². The molecule has 0 spiro atoms. The number of hydrogen-bond acceptors (Lipinski definition) is 6. The van der Waals surface area contributed by atoms with E-state index in [9.17, 15) is 18.4 Å². The molecule has 2 N–H and O–H groups in total. The number of likely N-dealkylation sites (N-methyl/N-ethyl adjacent to an activating group) is 1. The summed E-state index contributed by atoms with van der Waals surface area (Å²) in [5.74, 6) is 0.380. The number of benzene rings is 1. The Balaban J connectivity index is 1.82. The fourth-order valence-electron chi connectivity index (χ4n) is 4.31. The second-order valence-corrected chi connectivity index (χ2v) is 7.25. The van der Waals surface area contributed by atoms with E-state index in [0.29, 0.717) is 23.5 Å². The van der Waals surface area contributed by atoms with Gasteiger partial charge in [0.25, 0.3) is 0 Å². The molecule has 152 valence electrons. The molecule has 0 saturated carbocycles. The van der Waals surface area contributed by atoms with Crippen molar-refractivity contribution in [3.05, 3.63) is 41.2 Å². The van der Waals surface area contributed by atoms with Gasteiger partial charge in [-0.25, -0.2) is 4.98 Å². The summed E-state index contributed by atoms with van der Waals surface area (Å²) in [5.41, 5.74) is 0.868. The molecule has 2 aromatic rings. The fraction of sp³-hybridized carbons (Fsp3) is 0.400. The normalized spacial score (nSPS) is 20.6. The largest absolute Gasteiger partial charge is 0.495 e. The first kappa shape index (κ1) is 19.3. The summed E-state index contributed by atoms with van der Waals surface area (Å²) in [4.78, 5) is 5.76. The number of nitrogens with one attached hydrogen (secondary N) is 2. The van der Waals surface area contributed by atoms with Crippen molar-refractivity contribution < 1.29 is 17.9 Å². The van der Waals surface area contributed by atoms with Gasteiger partial charge in [-0.15, -0.1) is 0 Å². The Morgan fingerprint density at radius 3 is 2.83 bits per heavy atom. The maximum Gasteiger partial charge on any atom is 0.418 e. The lowest BCUT2D eigenvalue weighted by Crippen LogP contribution is -2.42. The third-order valence-corrected chi connectivity index (χ3v) is 5.62. The summed E-state index contributed by atoms with van der Waals surface area (Å²) in [6.07, 6.45) is -2.32. The molecular weight excluding hydrogens is 383 g/mol. The number of nitrogens with zero attached hydrogens (tertiary/aromatic N) is 3. The highest BCUT2D eigenvalue weighted by Crippen LogP contribution is 2.50. The minimum Gasteiger partial charge on any atom is -0.495 e. The number of ether oxygens (including phenoxy) is 1. The van der Waals surface area contributed by atoms with Crippen LogP contribution in [0.25, 0.3) is 0 Å². The summed E-state index contributed by atoms with van der Waals surface area (Å²) in [6, 6.07) is 6.38. The maximum atomic E-state index is 13.9. The summed E-state index contributed by atoms with van der Waals surface area (Å²) in [6.45, 7) is 1.42. The lowest BCUT2D eigenvalue weighted by molar-refractivity contribution is -0.137. The average molecular weight is 403 g/mol. The van der Waals surface area contributed by atoms with Gasteiger partial charge in [-0.3, -0.25) is 0 Å². The van der Waals surface area contributed by atoms with Crippen molar-refractivity contribution in [3.63, 3.8) is 0 Å². The highest BCUT2D eigenvalue weighted by molar-refractivity contribution is 5.75. The molecule has 0 aliphatic carbocycles. The standard InChI is InChI=1S/C20H20F3N5O/c1-28-18-3-4-25-10-14(18)13-5-11(6-15(19(13)28)20(21,22)23)27-16-7-12(29-2)9-26-17(16)8-24/h5-7,9,14,18,25,27H,3-4,10H2,1-2H3. The summed E-state index contributed by atoms with van der Waals surface area (Å²) < 4.78 is 46.9. The predicted octanol–water partition coefficient (Wildman–Crippen LogP) is 3.62. The molecule has 0 bridgehead atoms. The molecule has 1 saturated heterocycles. The molecule has 2 aliphatic heterocycles. The van der Waals surface area contributed by atoms with E-state index in [2.05, 4.69) is 15.6 Å². The van der Waals surface area contributed by atoms with E-state index in [1.54, 1.807) is 24.1 Å². The van der Waals surface area contributed by atoms with E-state index in [-0.39, 0.29) is 29.0 Å². The van der Waals surface area contributed by atoms with E-state index in [1.807, 2.05) is 6.07 Å². The van der Waals surface area contributed by atoms with Crippen LogP contribution in [-0.4, -0.2) is 38.3 Å². The number of halogens is 3. The molecule has 1 fully saturated rings. The zero-order valence-electron chi connectivity index (χ0n) is 16.0. The predicted molar refractivity (Wildman–Crippen MR) is 103 cm³/mol. The molecular formula is C20H20F3N5O. The maximum absolute atomic E-state index is 13.9. The SMILES string of the molecule is COc1cnc(C#N)c(Nc2cc3c(c(C(F)(F)F)c2)N(C)C2CCNCC32)c1. The summed E-state index contributed by atoms with van der Waals surface area (Å²) >= 11 is 0. The third kappa shape index (κ3) is 3.34. The van der Waals surface area contributed by atoms with E-state index in [4.69, 9.17) is 4.74 Å². The lowest BCUT2D eigenvalue weighted by Gasteiger charge is -2.31. The number of alkyl halides is 3. The molecule has 1 aromatic heterocycles. The van der Waals surface area contributed by atoms with Gasteiger partial charge in [0.1, 0.15) is 11.8 Å². The van der Waals surface area contributed by atoms with Crippen LogP contribution >= 0.6 is 0 Å². The van der Waals surface area contributed by atoms with Crippen LogP contribution in [0, 0.1) is 11.3 Å².